The zero-order valence-corrected chi connectivity index (χ0v) is 29.1. The van der Waals surface area contributed by atoms with Crippen LogP contribution in [0.15, 0.2) is 129 Å². The minimum absolute atomic E-state index is 0.0531. The molecule has 0 radical (unpaired) electrons. The molecule has 0 saturated heterocycles. The molecule has 0 bridgehead atoms. The summed E-state index contributed by atoms with van der Waals surface area (Å²) in [6.45, 7) is 22.3. The molecule has 3 aliphatic heterocycles. The third-order valence-corrected chi connectivity index (χ3v) is 9.03. The van der Waals surface area contributed by atoms with E-state index < -0.39 is 12.2 Å². The molecule has 254 valence electrons. The minimum Gasteiger partial charge on any atom is -0.388 e. The van der Waals surface area contributed by atoms with Gasteiger partial charge in [0.2, 0.25) is 0 Å². The lowest BCUT2D eigenvalue weighted by atomic mass is 9.82. The zero-order chi connectivity index (χ0) is 34.2. The van der Waals surface area contributed by atoms with E-state index in [0.29, 0.717) is 26.2 Å². The van der Waals surface area contributed by atoms with Crippen LogP contribution in [-0.4, -0.2) is 71.8 Å². The van der Waals surface area contributed by atoms with Gasteiger partial charge in [-0.25, -0.2) is 0 Å². The summed E-state index contributed by atoms with van der Waals surface area (Å²) in [5.41, 5.74) is 12.1. The second kappa shape index (κ2) is 16.8. The van der Waals surface area contributed by atoms with E-state index in [1.807, 2.05) is 30.4 Å². The average Bonchev–Trinajstić information content (AvgIpc) is 3.80. The summed E-state index contributed by atoms with van der Waals surface area (Å²) in [6, 6.07) is 0. The molecule has 3 N–H and O–H groups in total. The van der Waals surface area contributed by atoms with E-state index >= 15 is 0 Å². The Labute approximate surface area is 281 Å². The Bertz CT molecular complexity index is 1450. The maximum Gasteiger partial charge on any atom is 0.106 e. The summed E-state index contributed by atoms with van der Waals surface area (Å²) < 4.78 is 16.7. The van der Waals surface area contributed by atoms with Gasteiger partial charge in [-0.15, -0.1) is 0 Å². The number of hydrogen-bond donors (Lipinski definition) is 3. The van der Waals surface area contributed by atoms with Gasteiger partial charge in [-0.1, -0.05) is 90.1 Å². The van der Waals surface area contributed by atoms with Crippen molar-refractivity contribution in [2.45, 2.75) is 104 Å². The van der Waals surface area contributed by atoms with Gasteiger partial charge in [0.25, 0.3) is 0 Å². The van der Waals surface area contributed by atoms with Crippen molar-refractivity contribution in [1.82, 2.24) is 0 Å². The Hall–Kier alpha value is -3.10. The number of hydrogen-bond acceptors (Lipinski definition) is 6. The molecule has 6 nitrogen and oxygen atoms in total. The quantitative estimate of drug-likeness (QED) is 0.278. The average molecular weight is 643 g/mol. The highest BCUT2D eigenvalue weighted by molar-refractivity contribution is 5.48. The van der Waals surface area contributed by atoms with Gasteiger partial charge in [0, 0.05) is 12.8 Å². The maximum absolute atomic E-state index is 10.1. The van der Waals surface area contributed by atoms with Crippen molar-refractivity contribution in [3.8, 4) is 0 Å². The molecule has 0 aromatic rings. The van der Waals surface area contributed by atoms with Crippen molar-refractivity contribution in [2.24, 2.45) is 0 Å². The SMILES string of the molecule is C=C1/C(=C/C=C(C)C)C[C@@H](O)C2=CCO[C@H]12.C=C1/C(=C\C=C(C)C)C[C@H]2OCC=C2[C@@H]1O.CC(C)=C/C=C1\C[C@@H](O)C2=CCO[C@@H]2C1. The highest BCUT2D eigenvalue weighted by Gasteiger charge is 2.36. The van der Waals surface area contributed by atoms with Gasteiger partial charge >= 0.3 is 0 Å². The summed E-state index contributed by atoms with van der Waals surface area (Å²) in [7, 11) is 0. The molecule has 6 heteroatoms. The van der Waals surface area contributed by atoms with E-state index in [0.717, 1.165) is 58.3 Å². The summed E-state index contributed by atoms with van der Waals surface area (Å²) in [5, 5.41) is 30.0. The number of aliphatic hydroxyl groups excluding tert-OH is 3. The second-order valence-corrected chi connectivity index (χ2v) is 13.7. The number of allylic oxidation sites excluding steroid dienone is 9. The fourth-order valence-electron chi connectivity index (χ4n) is 6.35. The topological polar surface area (TPSA) is 88.4 Å². The van der Waals surface area contributed by atoms with Crippen molar-refractivity contribution in [2.75, 3.05) is 19.8 Å². The van der Waals surface area contributed by atoms with Crippen molar-refractivity contribution < 1.29 is 29.5 Å². The van der Waals surface area contributed by atoms with Gasteiger partial charge in [0.15, 0.2) is 0 Å². The molecule has 3 saturated carbocycles. The van der Waals surface area contributed by atoms with Crippen molar-refractivity contribution in [3.63, 3.8) is 0 Å². The molecular formula is C41H54O6. The molecule has 0 spiro atoms. The second-order valence-electron chi connectivity index (χ2n) is 13.7. The van der Waals surface area contributed by atoms with Crippen molar-refractivity contribution in [3.05, 3.63) is 129 Å². The van der Waals surface area contributed by atoms with Crippen LogP contribution in [0.5, 0.6) is 0 Å². The molecule has 3 aliphatic carbocycles. The van der Waals surface area contributed by atoms with Crippen LogP contribution in [0.1, 0.15) is 67.2 Å². The van der Waals surface area contributed by atoms with Crippen LogP contribution >= 0.6 is 0 Å². The van der Waals surface area contributed by atoms with Gasteiger partial charge in [0.05, 0.1) is 44.2 Å². The molecule has 0 unspecified atom stereocenters. The van der Waals surface area contributed by atoms with Crippen molar-refractivity contribution >= 4 is 0 Å². The van der Waals surface area contributed by atoms with E-state index in [1.54, 1.807) is 0 Å². The number of rotatable bonds is 3. The molecular weight excluding hydrogens is 588 g/mol. The molecule has 47 heavy (non-hydrogen) atoms. The fourth-order valence-corrected chi connectivity index (χ4v) is 6.35. The monoisotopic (exact) mass is 642 g/mol. The van der Waals surface area contributed by atoms with E-state index in [2.05, 4.69) is 79.0 Å². The molecule has 6 aliphatic rings. The Kier molecular flexibility index (Phi) is 13.2. The van der Waals surface area contributed by atoms with Crippen LogP contribution < -0.4 is 0 Å². The number of ether oxygens (including phenoxy) is 3. The van der Waals surface area contributed by atoms with E-state index in [1.165, 1.54) is 22.3 Å². The van der Waals surface area contributed by atoms with Gasteiger partial charge < -0.3 is 29.5 Å². The lowest BCUT2D eigenvalue weighted by Crippen LogP contribution is -2.29. The summed E-state index contributed by atoms with van der Waals surface area (Å²) in [5.74, 6) is 0. The third kappa shape index (κ3) is 9.73. The van der Waals surface area contributed by atoms with Gasteiger partial charge in [0.1, 0.15) is 12.2 Å². The van der Waals surface area contributed by atoms with Crippen LogP contribution in [0.4, 0.5) is 0 Å². The first-order valence-electron chi connectivity index (χ1n) is 16.7. The lowest BCUT2D eigenvalue weighted by molar-refractivity contribution is 0.0851. The van der Waals surface area contributed by atoms with E-state index in [-0.39, 0.29) is 24.4 Å². The summed E-state index contributed by atoms with van der Waals surface area (Å²) in [4.78, 5) is 0. The Morgan fingerprint density at radius 2 is 1.09 bits per heavy atom. The van der Waals surface area contributed by atoms with Crippen LogP contribution in [0.3, 0.4) is 0 Å². The molecule has 0 aromatic carbocycles. The van der Waals surface area contributed by atoms with Crippen molar-refractivity contribution in [1.29, 1.82) is 0 Å². The molecule has 6 atom stereocenters. The predicted octanol–water partition coefficient (Wildman–Crippen LogP) is 7.41. The Balaban J connectivity index is 0.000000160. The molecule has 6 rings (SSSR count). The summed E-state index contributed by atoms with van der Waals surface area (Å²) in [6.07, 6.45) is 20.3. The lowest BCUT2D eigenvalue weighted by Gasteiger charge is -2.29. The molecule has 3 heterocycles. The standard InChI is InChI=1S/2C14H18O2.C13H18O2/c1-9(2)4-5-11-8-13-12(6-7-16-13)14(15)10(11)3;1-9(2)4-5-11-8-13(15)12-6-7-16-14(12)10(11)3;1-9(2)3-4-10-7-12(14)11-5-6-15-13(11)8-10/h2*4-6,13-15H,3,7-8H2,1-2H3;3-5,12-14H,6-8H2,1-2H3/b11-5-;11-5+;10-4+/t2*13-,14-;12-,13-/m111/s1. The third-order valence-electron chi connectivity index (χ3n) is 9.03. The normalized spacial score (nSPS) is 31.7. The first kappa shape index (κ1) is 36.7. The van der Waals surface area contributed by atoms with Gasteiger partial charge in [-0.3, -0.25) is 0 Å². The Morgan fingerprint density at radius 3 is 1.70 bits per heavy atom. The minimum atomic E-state index is -0.557. The first-order chi connectivity index (χ1) is 22.3. The smallest absolute Gasteiger partial charge is 0.106 e. The van der Waals surface area contributed by atoms with E-state index in [9.17, 15) is 15.3 Å². The fraction of sp³-hybridized carbons (Fsp3) is 0.463. The largest absolute Gasteiger partial charge is 0.388 e. The zero-order valence-electron chi connectivity index (χ0n) is 29.1. The van der Waals surface area contributed by atoms with Crippen LogP contribution in [-0.2, 0) is 14.2 Å². The highest BCUT2D eigenvalue weighted by Crippen LogP contribution is 2.38. The van der Waals surface area contributed by atoms with Crippen LogP contribution in [0.25, 0.3) is 0 Å². The first-order valence-corrected chi connectivity index (χ1v) is 16.7. The highest BCUT2D eigenvalue weighted by atomic mass is 16.5. The molecule has 0 aromatic heterocycles. The predicted molar refractivity (Wildman–Crippen MR) is 191 cm³/mol. The van der Waals surface area contributed by atoms with Gasteiger partial charge in [-0.2, -0.15) is 0 Å². The van der Waals surface area contributed by atoms with E-state index in [4.69, 9.17) is 14.2 Å². The molecule has 0 amide bonds. The number of fused-ring (bicyclic) bond motifs is 3. The summed E-state index contributed by atoms with van der Waals surface area (Å²) >= 11 is 0. The maximum atomic E-state index is 10.1. The molecule has 3 fully saturated rings. The van der Waals surface area contributed by atoms with Gasteiger partial charge in [-0.05, 0) is 93.4 Å². The number of aliphatic hydroxyl groups is 3. The van der Waals surface area contributed by atoms with Crippen LogP contribution in [0.2, 0.25) is 0 Å². The van der Waals surface area contributed by atoms with Crippen LogP contribution in [0, 0.1) is 0 Å². The Morgan fingerprint density at radius 1 is 0.596 bits per heavy atom.